The summed E-state index contributed by atoms with van der Waals surface area (Å²) in [5.41, 5.74) is 0.419. The predicted octanol–water partition coefficient (Wildman–Crippen LogP) is 1.99. The maximum atomic E-state index is 10.3. The first-order chi connectivity index (χ1) is 10.5. The van der Waals surface area contributed by atoms with Gasteiger partial charge in [0.15, 0.2) is 0 Å². The van der Waals surface area contributed by atoms with E-state index in [-0.39, 0.29) is 5.60 Å². The van der Waals surface area contributed by atoms with Crippen molar-refractivity contribution in [1.82, 2.24) is 9.88 Å². The van der Waals surface area contributed by atoms with Gasteiger partial charge in [-0.2, -0.15) is 0 Å². The first kappa shape index (κ1) is 15.7. The van der Waals surface area contributed by atoms with Crippen LogP contribution in [0, 0.1) is 0 Å². The maximum absolute atomic E-state index is 10.3. The highest BCUT2D eigenvalue weighted by molar-refractivity contribution is 5.25. The van der Waals surface area contributed by atoms with Crippen LogP contribution in [0.15, 0.2) is 18.3 Å². The van der Waals surface area contributed by atoms with Crippen LogP contribution >= 0.6 is 0 Å². The van der Waals surface area contributed by atoms with Crippen molar-refractivity contribution >= 4 is 0 Å². The van der Waals surface area contributed by atoms with Gasteiger partial charge in [-0.15, -0.1) is 0 Å². The van der Waals surface area contributed by atoms with Gasteiger partial charge in [-0.1, -0.05) is 6.07 Å². The largest absolute Gasteiger partial charge is 0.481 e. The first-order valence-electron chi connectivity index (χ1n) is 8.09. The molecule has 0 bridgehead atoms. The molecule has 2 fully saturated rings. The molecule has 1 aromatic rings. The molecular formula is C17H26N2O3. The van der Waals surface area contributed by atoms with Crippen molar-refractivity contribution in [3.63, 3.8) is 0 Å². The topological polar surface area (TPSA) is 54.8 Å². The second-order valence-electron chi connectivity index (χ2n) is 6.90. The van der Waals surface area contributed by atoms with E-state index in [9.17, 15) is 5.11 Å². The van der Waals surface area contributed by atoms with Crippen LogP contribution in [0.25, 0.3) is 0 Å². The van der Waals surface area contributed by atoms with Crippen molar-refractivity contribution < 1.29 is 14.6 Å². The molecular weight excluding hydrogens is 280 g/mol. The number of nitrogens with zero attached hydrogens (tertiary/aromatic N) is 2. The van der Waals surface area contributed by atoms with Crippen molar-refractivity contribution in [2.75, 3.05) is 26.8 Å². The third-order valence-corrected chi connectivity index (χ3v) is 4.96. The number of aliphatic hydroxyl groups is 1. The molecule has 2 saturated heterocycles. The van der Waals surface area contributed by atoms with Gasteiger partial charge < -0.3 is 14.6 Å². The van der Waals surface area contributed by atoms with Gasteiger partial charge in [0, 0.05) is 37.8 Å². The molecule has 5 heteroatoms. The van der Waals surface area contributed by atoms with Crippen molar-refractivity contribution in [1.29, 1.82) is 0 Å². The van der Waals surface area contributed by atoms with Gasteiger partial charge in [-0.05, 0) is 32.3 Å². The van der Waals surface area contributed by atoms with Gasteiger partial charge >= 0.3 is 0 Å². The summed E-state index contributed by atoms with van der Waals surface area (Å²) in [5.74, 6) is 0.708. The van der Waals surface area contributed by atoms with Gasteiger partial charge in [0.05, 0.1) is 24.9 Å². The molecule has 3 rings (SSSR count). The Morgan fingerprint density at radius 2 is 2.14 bits per heavy atom. The molecule has 3 heterocycles. The quantitative estimate of drug-likeness (QED) is 0.925. The summed E-state index contributed by atoms with van der Waals surface area (Å²) < 4.78 is 11.4. The second-order valence-corrected chi connectivity index (χ2v) is 6.90. The monoisotopic (exact) mass is 306 g/mol. The zero-order valence-electron chi connectivity index (χ0n) is 13.5. The minimum atomic E-state index is -0.576. The summed E-state index contributed by atoms with van der Waals surface area (Å²) in [5, 5.41) is 10.3. The fraction of sp³-hybridized carbons (Fsp3) is 0.706. The Kier molecular flexibility index (Phi) is 4.39. The normalized spacial score (nSPS) is 28.7. The number of likely N-dealkylation sites (tertiary alicyclic amines) is 1. The van der Waals surface area contributed by atoms with E-state index < -0.39 is 5.60 Å². The molecule has 0 aromatic carbocycles. The lowest BCUT2D eigenvalue weighted by molar-refractivity contribution is -0.173. The Morgan fingerprint density at radius 3 is 2.82 bits per heavy atom. The van der Waals surface area contributed by atoms with Crippen LogP contribution < -0.4 is 4.74 Å². The minimum Gasteiger partial charge on any atom is -0.481 e. The highest BCUT2D eigenvalue weighted by Crippen LogP contribution is 2.39. The van der Waals surface area contributed by atoms with Gasteiger partial charge in [-0.3, -0.25) is 4.90 Å². The number of pyridine rings is 1. The van der Waals surface area contributed by atoms with E-state index in [1.165, 1.54) is 0 Å². The second kappa shape index (κ2) is 6.14. The predicted molar refractivity (Wildman–Crippen MR) is 83.8 cm³/mol. The maximum Gasteiger partial charge on any atom is 0.217 e. The van der Waals surface area contributed by atoms with Gasteiger partial charge in [0.25, 0.3) is 0 Å². The summed E-state index contributed by atoms with van der Waals surface area (Å²) in [4.78, 5) is 6.67. The van der Waals surface area contributed by atoms with Crippen molar-refractivity contribution in [2.24, 2.45) is 0 Å². The van der Waals surface area contributed by atoms with Crippen LogP contribution in [0.2, 0.25) is 0 Å². The van der Waals surface area contributed by atoms with Crippen LogP contribution in [0.4, 0.5) is 0 Å². The standard InChI is InChI=1S/C17H26N2O3/c1-16(20)7-11-22-17(13-16)5-9-19(10-6-17)12-14-4-3-8-18-15(14)21-2/h3-4,8,20H,5-7,9-13H2,1-2H3. The van der Waals surface area contributed by atoms with Crippen molar-refractivity contribution in [2.45, 2.75) is 50.4 Å². The molecule has 2 aliphatic heterocycles. The molecule has 1 atom stereocenters. The Bertz CT molecular complexity index is 510. The zero-order chi connectivity index (χ0) is 15.6. The van der Waals surface area contributed by atoms with Crippen LogP contribution in [0.1, 0.15) is 38.2 Å². The smallest absolute Gasteiger partial charge is 0.217 e. The number of ether oxygens (including phenoxy) is 2. The summed E-state index contributed by atoms with van der Waals surface area (Å²) >= 11 is 0. The van der Waals surface area contributed by atoms with E-state index in [1.54, 1.807) is 13.3 Å². The fourth-order valence-electron chi connectivity index (χ4n) is 3.73. The highest BCUT2D eigenvalue weighted by Gasteiger charge is 2.44. The van der Waals surface area contributed by atoms with E-state index in [1.807, 2.05) is 13.0 Å². The molecule has 1 unspecified atom stereocenters. The van der Waals surface area contributed by atoms with E-state index in [4.69, 9.17) is 9.47 Å². The van der Waals surface area contributed by atoms with Crippen molar-refractivity contribution in [3.8, 4) is 5.88 Å². The van der Waals surface area contributed by atoms with Crippen molar-refractivity contribution in [3.05, 3.63) is 23.9 Å². The number of rotatable bonds is 3. The minimum absolute atomic E-state index is 0.128. The molecule has 1 N–H and O–H groups in total. The number of methoxy groups -OCH3 is 1. The third-order valence-electron chi connectivity index (χ3n) is 4.96. The number of hydrogen-bond donors (Lipinski definition) is 1. The SMILES string of the molecule is COc1ncccc1CN1CCC2(CC1)CC(C)(O)CCO2. The van der Waals surface area contributed by atoms with E-state index in [0.29, 0.717) is 12.5 Å². The average Bonchev–Trinajstić information content (AvgIpc) is 2.49. The molecule has 1 spiro atoms. The molecule has 0 amide bonds. The van der Waals surface area contributed by atoms with Gasteiger partial charge in [-0.25, -0.2) is 4.98 Å². The van der Waals surface area contributed by atoms with E-state index in [0.717, 1.165) is 50.9 Å². The molecule has 0 saturated carbocycles. The van der Waals surface area contributed by atoms with E-state index in [2.05, 4.69) is 16.0 Å². The molecule has 0 aliphatic carbocycles. The lowest BCUT2D eigenvalue weighted by Crippen LogP contribution is -2.53. The molecule has 1 aromatic heterocycles. The summed E-state index contributed by atoms with van der Waals surface area (Å²) in [6.07, 6.45) is 5.21. The van der Waals surface area contributed by atoms with Crippen LogP contribution in [-0.4, -0.2) is 53.0 Å². The summed E-state index contributed by atoms with van der Waals surface area (Å²) in [6, 6.07) is 4.02. The van der Waals surface area contributed by atoms with E-state index >= 15 is 0 Å². The fourth-order valence-corrected chi connectivity index (χ4v) is 3.73. The van der Waals surface area contributed by atoms with Crippen LogP contribution in [0.5, 0.6) is 5.88 Å². The summed E-state index contributed by atoms with van der Waals surface area (Å²) in [6.45, 7) is 5.42. The highest BCUT2D eigenvalue weighted by atomic mass is 16.5. The lowest BCUT2D eigenvalue weighted by atomic mass is 9.78. The lowest BCUT2D eigenvalue weighted by Gasteiger charge is -2.48. The first-order valence-corrected chi connectivity index (χ1v) is 8.09. The number of aromatic nitrogens is 1. The Balaban J connectivity index is 1.60. The number of hydrogen-bond acceptors (Lipinski definition) is 5. The molecule has 2 aliphatic rings. The molecule has 22 heavy (non-hydrogen) atoms. The third kappa shape index (κ3) is 3.42. The Hall–Kier alpha value is -1.17. The molecule has 0 radical (unpaired) electrons. The Morgan fingerprint density at radius 1 is 1.36 bits per heavy atom. The molecule has 5 nitrogen and oxygen atoms in total. The van der Waals surface area contributed by atoms with Crippen LogP contribution in [0.3, 0.4) is 0 Å². The Labute approximate surface area is 132 Å². The molecule has 122 valence electrons. The average molecular weight is 306 g/mol. The van der Waals surface area contributed by atoms with Gasteiger partial charge in [0.2, 0.25) is 5.88 Å². The number of piperidine rings is 1. The van der Waals surface area contributed by atoms with Crippen LogP contribution in [-0.2, 0) is 11.3 Å². The zero-order valence-corrected chi connectivity index (χ0v) is 13.5. The summed E-state index contributed by atoms with van der Waals surface area (Å²) in [7, 11) is 1.66. The van der Waals surface area contributed by atoms with Gasteiger partial charge in [0.1, 0.15) is 0 Å².